The van der Waals surface area contributed by atoms with E-state index >= 15 is 0 Å². The van der Waals surface area contributed by atoms with Crippen molar-refractivity contribution in [1.29, 1.82) is 0 Å². The van der Waals surface area contributed by atoms with Gasteiger partial charge in [0.05, 0.1) is 0 Å². The van der Waals surface area contributed by atoms with Gasteiger partial charge in [-0.25, -0.2) is 0 Å². The maximum atomic E-state index is 5.48. The quantitative estimate of drug-likeness (QED) is 0.549. The number of thioether (sulfide) groups is 1. The molecule has 0 radical (unpaired) electrons. The van der Waals surface area contributed by atoms with Gasteiger partial charge < -0.3 is 10.6 Å². The summed E-state index contributed by atoms with van der Waals surface area (Å²) in [7, 11) is 0. The molecule has 0 aromatic carbocycles. The molecular weight excluding hydrogens is 164 g/mol. The van der Waals surface area contributed by atoms with Crippen LogP contribution in [0.25, 0.3) is 0 Å². The lowest BCUT2D eigenvalue weighted by Crippen LogP contribution is -2.36. The average Bonchev–Trinajstić information content (AvgIpc) is 2.12. The number of hydrogen-bond acceptors (Lipinski definition) is 2. The molecule has 0 unspecified atom stereocenters. The second-order valence-corrected chi connectivity index (χ2v) is 3.93. The van der Waals surface area contributed by atoms with E-state index in [1.165, 1.54) is 12.2 Å². The minimum absolute atomic E-state index is 0.558. The summed E-state index contributed by atoms with van der Waals surface area (Å²) in [5.74, 6) is 2.41. The Bertz CT molecular complexity index is 119. The fourth-order valence-corrected chi connectivity index (χ4v) is 2.04. The molecule has 58 valence electrons. The van der Waals surface area contributed by atoms with Crippen molar-refractivity contribution in [3.8, 4) is 0 Å². The summed E-state index contributed by atoms with van der Waals surface area (Å²) in [4.78, 5) is 2.08. The van der Waals surface area contributed by atoms with Gasteiger partial charge in [0.15, 0.2) is 5.11 Å². The minimum atomic E-state index is 0.558. The van der Waals surface area contributed by atoms with Gasteiger partial charge in [-0.05, 0) is 24.4 Å². The summed E-state index contributed by atoms with van der Waals surface area (Å²) in [6.07, 6.45) is 1.21. The lowest BCUT2D eigenvalue weighted by atomic mass is 10.4. The summed E-state index contributed by atoms with van der Waals surface area (Å²) >= 11 is 6.85. The largest absolute Gasteiger partial charge is 0.376 e. The minimum Gasteiger partial charge on any atom is -0.376 e. The van der Waals surface area contributed by atoms with Gasteiger partial charge in [-0.1, -0.05) is 0 Å². The first-order valence-corrected chi connectivity index (χ1v) is 4.99. The van der Waals surface area contributed by atoms with Crippen LogP contribution in [0.15, 0.2) is 0 Å². The Morgan fingerprint density at radius 3 is 2.90 bits per heavy atom. The van der Waals surface area contributed by atoms with E-state index in [0.29, 0.717) is 5.11 Å². The molecule has 1 aliphatic rings. The van der Waals surface area contributed by atoms with Gasteiger partial charge >= 0.3 is 0 Å². The van der Waals surface area contributed by atoms with Crippen molar-refractivity contribution in [2.24, 2.45) is 5.73 Å². The van der Waals surface area contributed by atoms with Crippen LogP contribution in [0.2, 0.25) is 0 Å². The number of nitrogens with two attached hydrogens (primary N) is 1. The summed E-state index contributed by atoms with van der Waals surface area (Å²) < 4.78 is 0. The predicted molar refractivity (Wildman–Crippen MR) is 50.3 cm³/mol. The van der Waals surface area contributed by atoms with Gasteiger partial charge in [-0.15, -0.1) is 0 Å². The summed E-state index contributed by atoms with van der Waals surface area (Å²) in [6, 6.07) is 0. The van der Waals surface area contributed by atoms with Gasteiger partial charge in [0.1, 0.15) is 0 Å². The third-order valence-electron chi connectivity index (χ3n) is 1.53. The number of thiocarbonyl (C=S) groups is 1. The molecule has 2 N–H and O–H groups in total. The molecule has 1 heterocycles. The third kappa shape index (κ3) is 2.34. The zero-order valence-electron chi connectivity index (χ0n) is 5.88. The molecule has 0 aliphatic carbocycles. The molecule has 0 atom stereocenters. The standard InChI is InChI=1S/C6H12N2S2/c7-6(9)8-2-1-4-10-5-3-8/h1-5H2,(H2,7,9). The SMILES string of the molecule is NC(=S)N1CCCSCC1. The Labute approximate surface area is 71.1 Å². The molecule has 1 saturated heterocycles. The van der Waals surface area contributed by atoms with Crippen LogP contribution in [0.3, 0.4) is 0 Å². The molecule has 0 aromatic heterocycles. The maximum Gasteiger partial charge on any atom is 0.166 e. The number of nitrogens with zero attached hydrogens (tertiary/aromatic N) is 1. The first kappa shape index (κ1) is 8.14. The van der Waals surface area contributed by atoms with E-state index in [0.717, 1.165) is 18.8 Å². The number of rotatable bonds is 0. The Hall–Kier alpha value is 0.0400. The first-order valence-electron chi connectivity index (χ1n) is 3.43. The molecule has 10 heavy (non-hydrogen) atoms. The van der Waals surface area contributed by atoms with E-state index in [-0.39, 0.29) is 0 Å². The van der Waals surface area contributed by atoms with E-state index in [1.807, 2.05) is 11.8 Å². The van der Waals surface area contributed by atoms with Gasteiger partial charge in [0.25, 0.3) is 0 Å². The van der Waals surface area contributed by atoms with E-state index < -0.39 is 0 Å². The number of hydrogen-bond donors (Lipinski definition) is 1. The molecule has 4 heteroatoms. The monoisotopic (exact) mass is 176 g/mol. The lowest BCUT2D eigenvalue weighted by Gasteiger charge is -2.18. The van der Waals surface area contributed by atoms with Gasteiger partial charge in [-0.3, -0.25) is 0 Å². The van der Waals surface area contributed by atoms with Crippen LogP contribution in [-0.4, -0.2) is 34.6 Å². The van der Waals surface area contributed by atoms with E-state index in [2.05, 4.69) is 4.90 Å². The molecule has 2 nitrogen and oxygen atoms in total. The van der Waals surface area contributed by atoms with Gasteiger partial charge in [0.2, 0.25) is 0 Å². The van der Waals surface area contributed by atoms with E-state index in [4.69, 9.17) is 18.0 Å². The Kier molecular flexibility index (Phi) is 3.28. The second-order valence-electron chi connectivity index (χ2n) is 2.29. The summed E-state index contributed by atoms with van der Waals surface area (Å²) in [5, 5.41) is 0.558. The highest BCUT2D eigenvalue weighted by molar-refractivity contribution is 7.99. The van der Waals surface area contributed by atoms with Crippen LogP contribution < -0.4 is 5.73 Å². The highest BCUT2D eigenvalue weighted by Crippen LogP contribution is 2.09. The van der Waals surface area contributed by atoms with Crippen LogP contribution >= 0.6 is 24.0 Å². The van der Waals surface area contributed by atoms with Crippen molar-refractivity contribution in [1.82, 2.24) is 4.90 Å². The second kappa shape index (κ2) is 4.03. The highest BCUT2D eigenvalue weighted by Gasteiger charge is 2.08. The lowest BCUT2D eigenvalue weighted by molar-refractivity contribution is 0.454. The molecule has 1 fully saturated rings. The van der Waals surface area contributed by atoms with Crippen molar-refractivity contribution in [2.45, 2.75) is 6.42 Å². The fourth-order valence-electron chi connectivity index (χ4n) is 0.966. The van der Waals surface area contributed by atoms with Crippen LogP contribution in [0.5, 0.6) is 0 Å². The zero-order valence-corrected chi connectivity index (χ0v) is 7.51. The predicted octanol–water partition coefficient (Wildman–Crippen LogP) is 0.669. The normalized spacial score (nSPS) is 20.2. The van der Waals surface area contributed by atoms with Crippen LogP contribution in [0, 0.1) is 0 Å². The van der Waals surface area contributed by atoms with Crippen LogP contribution in [0.4, 0.5) is 0 Å². The van der Waals surface area contributed by atoms with Crippen molar-refractivity contribution < 1.29 is 0 Å². The molecule has 0 spiro atoms. The highest BCUT2D eigenvalue weighted by atomic mass is 32.2. The third-order valence-corrected chi connectivity index (χ3v) is 2.84. The van der Waals surface area contributed by atoms with E-state index in [1.54, 1.807) is 0 Å². The molecule has 0 amide bonds. The van der Waals surface area contributed by atoms with E-state index in [9.17, 15) is 0 Å². The summed E-state index contributed by atoms with van der Waals surface area (Å²) in [6.45, 7) is 2.07. The average molecular weight is 176 g/mol. The van der Waals surface area contributed by atoms with Crippen molar-refractivity contribution >= 4 is 29.1 Å². The molecule has 0 bridgehead atoms. The topological polar surface area (TPSA) is 29.3 Å². The molecule has 0 saturated carbocycles. The smallest absolute Gasteiger partial charge is 0.166 e. The van der Waals surface area contributed by atoms with Crippen LogP contribution in [-0.2, 0) is 0 Å². The molecule has 0 aromatic rings. The van der Waals surface area contributed by atoms with Crippen molar-refractivity contribution in [2.75, 3.05) is 24.6 Å². The summed E-state index contributed by atoms with van der Waals surface area (Å²) in [5.41, 5.74) is 5.48. The Morgan fingerprint density at radius 2 is 2.20 bits per heavy atom. The molecule has 1 aliphatic heterocycles. The Morgan fingerprint density at radius 1 is 1.40 bits per heavy atom. The molecule has 1 rings (SSSR count). The van der Waals surface area contributed by atoms with Gasteiger partial charge in [0, 0.05) is 18.8 Å². The van der Waals surface area contributed by atoms with Crippen LogP contribution in [0.1, 0.15) is 6.42 Å². The fraction of sp³-hybridized carbons (Fsp3) is 0.833. The maximum absolute atomic E-state index is 5.48. The van der Waals surface area contributed by atoms with Crippen molar-refractivity contribution in [3.05, 3.63) is 0 Å². The zero-order chi connectivity index (χ0) is 7.40. The molecular formula is C6H12N2S2. The van der Waals surface area contributed by atoms with Gasteiger partial charge in [-0.2, -0.15) is 11.8 Å². The first-order chi connectivity index (χ1) is 4.80. The van der Waals surface area contributed by atoms with Crippen molar-refractivity contribution in [3.63, 3.8) is 0 Å². The Balaban J connectivity index is 2.35.